The molecule has 0 aliphatic carbocycles. The average molecular weight is 512 g/mol. The van der Waals surface area contributed by atoms with Crippen molar-refractivity contribution in [3.8, 4) is 17.2 Å². The zero-order valence-corrected chi connectivity index (χ0v) is 20.0. The van der Waals surface area contributed by atoms with Crippen molar-refractivity contribution in [2.45, 2.75) is 31.7 Å². The van der Waals surface area contributed by atoms with Crippen molar-refractivity contribution >= 4 is 21.7 Å². The quantitative estimate of drug-likeness (QED) is 0.447. The van der Waals surface area contributed by atoms with E-state index in [2.05, 4.69) is 10.2 Å². The number of rotatable bonds is 8. The molecule has 0 radical (unpaired) electrons. The van der Waals surface area contributed by atoms with Gasteiger partial charge in [-0.2, -0.15) is 8.42 Å². The predicted octanol–water partition coefficient (Wildman–Crippen LogP) is 4.24. The normalized spacial score (nSPS) is 17.6. The van der Waals surface area contributed by atoms with E-state index in [0.717, 1.165) is 0 Å². The number of fused-ring (bicyclic) bond motifs is 3. The summed E-state index contributed by atoms with van der Waals surface area (Å²) in [6.07, 6.45) is -1.26. The second-order valence-electron chi connectivity index (χ2n) is 7.66. The Bertz CT molecular complexity index is 1300. The highest BCUT2D eigenvalue weighted by atomic mass is 35.5. The maximum absolute atomic E-state index is 13.9. The number of hydrogen-bond acceptors (Lipinski definition) is 7. The van der Waals surface area contributed by atoms with Gasteiger partial charge in [0.15, 0.2) is 23.1 Å². The van der Waals surface area contributed by atoms with Gasteiger partial charge in [-0.3, -0.25) is 9.12 Å². The molecule has 0 amide bonds. The lowest BCUT2D eigenvalue weighted by molar-refractivity contribution is -0.00189. The Kier molecular flexibility index (Phi) is 7.08. The van der Waals surface area contributed by atoms with Gasteiger partial charge in [-0.25, -0.2) is 4.39 Å². The summed E-state index contributed by atoms with van der Waals surface area (Å²) >= 11 is 6.34. The summed E-state index contributed by atoms with van der Waals surface area (Å²) in [6.45, 7) is -0.875. The molecule has 2 aromatic carbocycles. The molecule has 0 spiro atoms. The zero-order chi connectivity index (χ0) is 24.5. The Labute approximate surface area is 201 Å². The molecule has 182 valence electrons. The van der Waals surface area contributed by atoms with Gasteiger partial charge in [0.25, 0.3) is 10.1 Å². The first kappa shape index (κ1) is 24.4. The van der Waals surface area contributed by atoms with Crippen molar-refractivity contribution in [3.63, 3.8) is 0 Å². The monoisotopic (exact) mass is 511 g/mol. The van der Waals surface area contributed by atoms with Gasteiger partial charge in [-0.05, 0) is 37.1 Å². The second kappa shape index (κ2) is 9.87. The summed E-state index contributed by atoms with van der Waals surface area (Å²) in [7, 11) is -1.14. The molecule has 1 aliphatic rings. The standard InChI is InChI=1S/C22H23ClFN3O6S/c1-31-17-6-3-5-14(21(17)32-2)20-15-11-13(23)8-9-16(15)27-19(12-24)25-26-22(27)18(33-20)7-4-10-34(28,29)30/h3,5-6,8-9,11,18,20H,4,7,10,12H2,1-2H3,(H,28,29,30)/t18-,20-/m0/s1. The highest BCUT2D eigenvalue weighted by molar-refractivity contribution is 7.85. The summed E-state index contributed by atoms with van der Waals surface area (Å²) in [5.41, 5.74) is 1.82. The number of nitrogens with zero attached hydrogens (tertiary/aromatic N) is 3. The van der Waals surface area contributed by atoms with Crippen LogP contribution in [0.1, 0.15) is 47.8 Å². The highest BCUT2D eigenvalue weighted by Gasteiger charge is 2.35. The SMILES string of the molecule is COc1cccc([C@@H]2O[C@@H](CCCS(=O)(=O)O)c3nnc(CF)n3-c3ccc(Cl)cc32)c1OC. The van der Waals surface area contributed by atoms with Crippen molar-refractivity contribution in [1.29, 1.82) is 0 Å². The van der Waals surface area contributed by atoms with E-state index in [1.54, 1.807) is 34.9 Å². The summed E-state index contributed by atoms with van der Waals surface area (Å²) in [4.78, 5) is 0. The van der Waals surface area contributed by atoms with Crippen LogP contribution in [-0.4, -0.2) is 47.7 Å². The van der Waals surface area contributed by atoms with Crippen LogP contribution < -0.4 is 9.47 Å². The molecule has 0 unspecified atom stereocenters. The first-order valence-electron chi connectivity index (χ1n) is 10.4. The van der Waals surface area contributed by atoms with Crippen LogP contribution in [0.25, 0.3) is 5.69 Å². The number of methoxy groups -OCH3 is 2. The number of benzene rings is 2. The molecule has 34 heavy (non-hydrogen) atoms. The Morgan fingerprint density at radius 2 is 1.97 bits per heavy atom. The third-order valence-corrected chi connectivity index (χ3v) is 6.60. The van der Waals surface area contributed by atoms with Crippen LogP contribution in [0.5, 0.6) is 11.5 Å². The van der Waals surface area contributed by atoms with Gasteiger partial charge in [-0.15, -0.1) is 10.2 Å². The number of halogens is 2. The topological polar surface area (TPSA) is 113 Å². The van der Waals surface area contributed by atoms with E-state index in [1.807, 2.05) is 6.07 Å². The van der Waals surface area contributed by atoms with Crippen LogP contribution in [0, 0.1) is 0 Å². The van der Waals surface area contributed by atoms with Gasteiger partial charge in [0.2, 0.25) is 0 Å². The highest BCUT2D eigenvalue weighted by Crippen LogP contribution is 2.46. The fraction of sp³-hybridized carbons (Fsp3) is 0.364. The van der Waals surface area contributed by atoms with Gasteiger partial charge < -0.3 is 14.2 Å². The lowest BCUT2D eigenvalue weighted by atomic mass is 9.98. The largest absolute Gasteiger partial charge is 0.493 e. The molecule has 9 nitrogen and oxygen atoms in total. The van der Waals surface area contributed by atoms with Gasteiger partial charge in [0.05, 0.1) is 25.7 Å². The number of hydrogen-bond donors (Lipinski definition) is 1. The minimum Gasteiger partial charge on any atom is -0.493 e. The van der Waals surface area contributed by atoms with E-state index in [1.165, 1.54) is 14.2 Å². The molecule has 0 fully saturated rings. The van der Waals surface area contributed by atoms with Gasteiger partial charge >= 0.3 is 0 Å². The molecule has 3 aromatic rings. The fourth-order valence-corrected chi connectivity index (χ4v) is 4.84. The Hall–Kier alpha value is -2.73. The van der Waals surface area contributed by atoms with E-state index in [9.17, 15) is 17.4 Å². The molecule has 1 aliphatic heterocycles. The predicted molar refractivity (Wildman–Crippen MR) is 122 cm³/mol. The van der Waals surface area contributed by atoms with Crippen LogP contribution in [0.3, 0.4) is 0 Å². The van der Waals surface area contributed by atoms with E-state index in [0.29, 0.717) is 39.2 Å². The first-order valence-corrected chi connectivity index (χ1v) is 12.4. The molecule has 2 atom stereocenters. The molecule has 0 saturated carbocycles. The van der Waals surface area contributed by atoms with Crippen LogP contribution in [0.2, 0.25) is 5.02 Å². The van der Waals surface area contributed by atoms with Crippen LogP contribution >= 0.6 is 11.6 Å². The Morgan fingerprint density at radius 3 is 2.65 bits per heavy atom. The summed E-state index contributed by atoms with van der Waals surface area (Å²) < 4.78 is 64.8. The zero-order valence-electron chi connectivity index (χ0n) is 18.4. The Balaban J connectivity index is 1.90. The lowest BCUT2D eigenvalue weighted by Crippen LogP contribution is -2.14. The summed E-state index contributed by atoms with van der Waals surface area (Å²) in [5.74, 6) is 0.864. The van der Waals surface area contributed by atoms with Gasteiger partial charge in [0, 0.05) is 16.1 Å². The van der Waals surface area contributed by atoms with E-state index >= 15 is 0 Å². The van der Waals surface area contributed by atoms with Crippen molar-refractivity contribution in [1.82, 2.24) is 14.8 Å². The number of aromatic nitrogens is 3. The fourth-order valence-electron chi connectivity index (χ4n) is 4.13. The van der Waals surface area contributed by atoms with Gasteiger partial charge in [-0.1, -0.05) is 23.7 Å². The maximum atomic E-state index is 13.9. The maximum Gasteiger partial charge on any atom is 0.264 e. The second-order valence-corrected chi connectivity index (χ2v) is 9.67. The van der Waals surface area contributed by atoms with Crippen LogP contribution in [0.4, 0.5) is 4.39 Å². The molecule has 1 aromatic heterocycles. The van der Waals surface area contributed by atoms with Crippen LogP contribution in [0.15, 0.2) is 36.4 Å². The molecular formula is C22H23ClFN3O6S. The number of alkyl halides is 1. The molecule has 0 bridgehead atoms. The average Bonchev–Trinajstić information content (AvgIpc) is 3.18. The van der Waals surface area contributed by atoms with E-state index < -0.39 is 34.8 Å². The number of ether oxygens (including phenoxy) is 3. The molecule has 4 rings (SSSR count). The van der Waals surface area contributed by atoms with Crippen molar-refractivity contribution in [3.05, 3.63) is 64.2 Å². The molecular weight excluding hydrogens is 489 g/mol. The van der Waals surface area contributed by atoms with E-state index in [4.69, 9.17) is 25.8 Å². The lowest BCUT2D eigenvalue weighted by Gasteiger charge is -2.25. The molecule has 0 saturated heterocycles. The molecule has 2 heterocycles. The molecule has 12 heteroatoms. The van der Waals surface area contributed by atoms with Gasteiger partial charge in [0.1, 0.15) is 18.9 Å². The summed E-state index contributed by atoms with van der Waals surface area (Å²) in [5, 5.41) is 8.56. The third-order valence-electron chi connectivity index (χ3n) is 5.56. The van der Waals surface area contributed by atoms with Crippen molar-refractivity contribution < 1.29 is 31.6 Å². The number of para-hydroxylation sites is 1. The van der Waals surface area contributed by atoms with Crippen LogP contribution in [-0.2, 0) is 21.5 Å². The minimum absolute atomic E-state index is 0.0696. The van der Waals surface area contributed by atoms with Crippen molar-refractivity contribution in [2.75, 3.05) is 20.0 Å². The smallest absolute Gasteiger partial charge is 0.264 e. The first-order chi connectivity index (χ1) is 16.3. The molecule has 1 N–H and O–H groups in total. The van der Waals surface area contributed by atoms with Crippen molar-refractivity contribution in [2.24, 2.45) is 0 Å². The Morgan fingerprint density at radius 1 is 1.18 bits per heavy atom. The summed E-state index contributed by atoms with van der Waals surface area (Å²) in [6, 6.07) is 10.5. The van der Waals surface area contributed by atoms with E-state index in [-0.39, 0.29) is 18.7 Å². The minimum atomic E-state index is -4.17. The third kappa shape index (κ3) is 4.74.